The van der Waals surface area contributed by atoms with Crippen molar-refractivity contribution >= 4 is 17.5 Å². The second-order valence-electron chi connectivity index (χ2n) is 10.1. The highest BCUT2D eigenvalue weighted by Crippen LogP contribution is 2.68. The number of esters is 1. The van der Waals surface area contributed by atoms with E-state index in [9.17, 15) is 14.4 Å². The minimum absolute atomic E-state index is 0.00184. The number of hydrogen-bond donors (Lipinski definition) is 0. The Balaban J connectivity index is 1.75. The van der Waals surface area contributed by atoms with Gasteiger partial charge in [0.1, 0.15) is 0 Å². The molecule has 0 aromatic carbocycles. The van der Waals surface area contributed by atoms with E-state index in [1.54, 1.807) is 6.92 Å². The topological polar surface area (TPSA) is 60.4 Å². The standard InChI is InChI=1S/C24H32O4/c1-14-12-18-19(22(4)9-6-17(27)13-21(14)22)7-10-23(5)20(18)8-11-24(23,15(2)25)28-16(3)26/h13,18-20H,1,6-12H2,2-5H3/t18-,19-,20+,22-,23+,24-/m1/s1. The predicted octanol–water partition coefficient (Wildman–Crippen LogP) is 4.58. The quantitative estimate of drug-likeness (QED) is 0.654. The summed E-state index contributed by atoms with van der Waals surface area (Å²) in [6.45, 7) is 11.8. The average Bonchev–Trinajstić information content (AvgIpc) is 2.90. The smallest absolute Gasteiger partial charge is 0.303 e. The Morgan fingerprint density at radius 1 is 1.11 bits per heavy atom. The maximum atomic E-state index is 12.8. The maximum absolute atomic E-state index is 12.8. The highest BCUT2D eigenvalue weighted by Gasteiger charge is 2.68. The van der Waals surface area contributed by atoms with E-state index in [1.807, 2.05) is 6.08 Å². The number of ketones is 2. The molecule has 28 heavy (non-hydrogen) atoms. The van der Waals surface area contributed by atoms with Crippen LogP contribution < -0.4 is 0 Å². The summed E-state index contributed by atoms with van der Waals surface area (Å²) in [5, 5.41) is 0. The van der Waals surface area contributed by atoms with Gasteiger partial charge in [-0.3, -0.25) is 14.4 Å². The van der Waals surface area contributed by atoms with E-state index in [0.29, 0.717) is 30.6 Å². The molecule has 6 atom stereocenters. The summed E-state index contributed by atoms with van der Waals surface area (Å²) in [6.07, 6.45) is 7.66. The zero-order chi connectivity index (χ0) is 20.5. The van der Waals surface area contributed by atoms with E-state index in [2.05, 4.69) is 20.4 Å². The maximum Gasteiger partial charge on any atom is 0.303 e. The fourth-order valence-electron chi connectivity index (χ4n) is 7.63. The molecule has 0 aromatic rings. The van der Waals surface area contributed by atoms with Crippen LogP contribution in [-0.4, -0.2) is 23.1 Å². The summed E-state index contributed by atoms with van der Waals surface area (Å²) in [6, 6.07) is 0. The normalized spacial score (nSPS) is 44.9. The molecule has 3 saturated carbocycles. The zero-order valence-electron chi connectivity index (χ0n) is 17.6. The van der Waals surface area contributed by atoms with Crippen LogP contribution in [0.2, 0.25) is 0 Å². The van der Waals surface area contributed by atoms with Gasteiger partial charge in [0.15, 0.2) is 17.2 Å². The molecule has 4 aliphatic rings. The Morgan fingerprint density at radius 2 is 1.79 bits per heavy atom. The van der Waals surface area contributed by atoms with Gasteiger partial charge in [-0.25, -0.2) is 0 Å². The first-order valence-electron chi connectivity index (χ1n) is 10.7. The summed E-state index contributed by atoms with van der Waals surface area (Å²) in [5.41, 5.74) is 0.944. The van der Waals surface area contributed by atoms with Gasteiger partial charge in [-0.15, -0.1) is 0 Å². The van der Waals surface area contributed by atoms with Crippen molar-refractivity contribution in [1.29, 1.82) is 0 Å². The molecule has 0 bridgehead atoms. The number of Topliss-reactive ketones (excluding diaryl/α,β-unsaturated/α-hetero) is 1. The largest absolute Gasteiger partial charge is 0.451 e. The highest BCUT2D eigenvalue weighted by atomic mass is 16.6. The van der Waals surface area contributed by atoms with Crippen LogP contribution in [0.5, 0.6) is 0 Å². The van der Waals surface area contributed by atoms with Gasteiger partial charge in [-0.05, 0) is 80.3 Å². The Kier molecular flexibility index (Phi) is 4.30. The molecule has 4 nitrogen and oxygen atoms in total. The third-order valence-electron chi connectivity index (χ3n) is 8.94. The Hall–Kier alpha value is -1.71. The molecule has 0 amide bonds. The van der Waals surface area contributed by atoms with Crippen molar-refractivity contribution in [2.75, 3.05) is 0 Å². The van der Waals surface area contributed by atoms with Gasteiger partial charge in [0.2, 0.25) is 0 Å². The minimum atomic E-state index is -0.991. The molecule has 0 heterocycles. The molecule has 4 aliphatic carbocycles. The van der Waals surface area contributed by atoms with E-state index in [1.165, 1.54) is 12.5 Å². The van der Waals surface area contributed by atoms with E-state index in [0.717, 1.165) is 37.7 Å². The fraction of sp³-hybridized carbons (Fsp3) is 0.708. The lowest BCUT2D eigenvalue weighted by molar-refractivity contribution is -0.186. The van der Waals surface area contributed by atoms with Crippen molar-refractivity contribution in [3.05, 3.63) is 23.8 Å². The first-order chi connectivity index (χ1) is 13.0. The molecule has 0 spiro atoms. The van der Waals surface area contributed by atoms with Crippen LogP contribution in [-0.2, 0) is 19.1 Å². The molecule has 0 aliphatic heterocycles. The van der Waals surface area contributed by atoms with E-state index in [-0.39, 0.29) is 28.4 Å². The van der Waals surface area contributed by atoms with Gasteiger partial charge in [0, 0.05) is 18.8 Å². The molecular formula is C24H32O4. The second-order valence-corrected chi connectivity index (χ2v) is 10.1. The lowest BCUT2D eigenvalue weighted by Gasteiger charge is -2.59. The van der Waals surface area contributed by atoms with E-state index >= 15 is 0 Å². The predicted molar refractivity (Wildman–Crippen MR) is 106 cm³/mol. The third kappa shape index (κ3) is 2.39. The number of ether oxygens (including phenoxy) is 1. The van der Waals surface area contributed by atoms with Gasteiger partial charge in [-0.1, -0.05) is 26.0 Å². The zero-order valence-corrected chi connectivity index (χ0v) is 17.6. The SMILES string of the molecule is C=C1C[C@@H]2[C@@H](CC[C@@]3(C)[C@H]2CC[C@@]3(OC(C)=O)C(C)=O)[C@@]2(C)CCC(=O)C=C12. The molecule has 0 unspecified atom stereocenters. The molecule has 4 rings (SSSR count). The first kappa shape index (κ1) is 19.6. The van der Waals surface area contributed by atoms with Crippen LogP contribution in [0.25, 0.3) is 0 Å². The van der Waals surface area contributed by atoms with Gasteiger partial charge < -0.3 is 4.74 Å². The first-order valence-corrected chi connectivity index (χ1v) is 10.7. The van der Waals surface area contributed by atoms with E-state index < -0.39 is 5.60 Å². The average molecular weight is 385 g/mol. The van der Waals surface area contributed by atoms with Gasteiger partial charge >= 0.3 is 5.97 Å². The number of fused-ring (bicyclic) bond motifs is 5. The summed E-state index contributed by atoms with van der Waals surface area (Å²) in [7, 11) is 0. The van der Waals surface area contributed by atoms with Crippen molar-refractivity contribution in [2.45, 2.75) is 78.2 Å². The van der Waals surface area contributed by atoms with Gasteiger partial charge in [0.05, 0.1) is 0 Å². The second kappa shape index (κ2) is 6.14. The van der Waals surface area contributed by atoms with Gasteiger partial charge in [0.25, 0.3) is 0 Å². The summed E-state index contributed by atoms with van der Waals surface area (Å²) >= 11 is 0. The van der Waals surface area contributed by atoms with E-state index in [4.69, 9.17) is 4.74 Å². The molecule has 0 N–H and O–H groups in total. The third-order valence-corrected chi connectivity index (χ3v) is 8.94. The monoisotopic (exact) mass is 384 g/mol. The van der Waals surface area contributed by atoms with Crippen LogP contribution in [0, 0.1) is 28.6 Å². The van der Waals surface area contributed by atoms with Crippen molar-refractivity contribution in [2.24, 2.45) is 28.6 Å². The van der Waals surface area contributed by atoms with Crippen LogP contribution in [0.1, 0.15) is 72.6 Å². The molecule has 0 radical (unpaired) electrons. The summed E-state index contributed by atoms with van der Waals surface area (Å²) in [4.78, 5) is 36.7. The van der Waals surface area contributed by atoms with Crippen LogP contribution in [0.3, 0.4) is 0 Å². The fourth-order valence-corrected chi connectivity index (χ4v) is 7.63. The highest BCUT2D eigenvalue weighted by molar-refractivity contribution is 5.92. The van der Waals surface area contributed by atoms with Crippen molar-refractivity contribution in [3.63, 3.8) is 0 Å². The number of allylic oxidation sites excluding steroid dienone is 2. The molecule has 152 valence electrons. The van der Waals surface area contributed by atoms with Crippen LogP contribution in [0.4, 0.5) is 0 Å². The summed E-state index contributed by atoms with van der Waals surface area (Å²) in [5.74, 6) is 1.10. The lowest BCUT2D eigenvalue weighted by Crippen LogP contribution is -2.58. The van der Waals surface area contributed by atoms with Crippen LogP contribution >= 0.6 is 0 Å². The lowest BCUT2D eigenvalue weighted by atomic mass is 9.45. The summed E-state index contributed by atoms with van der Waals surface area (Å²) < 4.78 is 5.82. The van der Waals surface area contributed by atoms with Crippen LogP contribution in [0.15, 0.2) is 23.8 Å². The number of carbonyl (C=O) groups is 3. The Bertz CT molecular complexity index is 807. The number of rotatable bonds is 2. The van der Waals surface area contributed by atoms with Gasteiger partial charge in [-0.2, -0.15) is 0 Å². The van der Waals surface area contributed by atoms with Crippen molar-refractivity contribution in [1.82, 2.24) is 0 Å². The molecular weight excluding hydrogens is 352 g/mol. The van der Waals surface area contributed by atoms with Crippen molar-refractivity contribution < 1.29 is 19.1 Å². The molecule has 3 fully saturated rings. The number of carbonyl (C=O) groups excluding carboxylic acids is 3. The minimum Gasteiger partial charge on any atom is -0.451 e. The molecule has 0 saturated heterocycles. The number of hydrogen-bond acceptors (Lipinski definition) is 4. The molecule has 0 aromatic heterocycles. The Morgan fingerprint density at radius 3 is 2.43 bits per heavy atom. The molecule has 4 heteroatoms. The Labute approximate surface area is 167 Å². The van der Waals surface area contributed by atoms with Crippen molar-refractivity contribution in [3.8, 4) is 0 Å².